The topological polar surface area (TPSA) is 148 Å². The largest absolute Gasteiger partial charge is 0.481 e. The number of aliphatic carboxylic acids is 1. The molecule has 0 aliphatic heterocycles. The summed E-state index contributed by atoms with van der Waals surface area (Å²) in [5.74, 6) is -1.25. The van der Waals surface area contributed by atoms with Crippen LogP contribution in [0, 0.1) is 0 Å². The Morgan fingerprint density at radius 3 is 2.24 bits per heavy atom. The highest BCUT2D eigenvalue weighted by Gasteiger charge is 2.18. The minimum absolute atomic E-state index is 0.0689. The van der Waals surface area contributed by atoms with Crippen molar-refractivity contribution < 1.29 is 33.8 Å². The van der Waals surface area contributed by atoms with Gasteiger partial charge in [-0.3, -0.25) is 19.8 Å². The molecule has 0 saturated heterocycles. The molecule has 0 bridgehead atoms. The monoisotopic (exact) mass is 411 g/mol. The molecule has 162 valence electrons. The molecule has 10 nitrogen and oxygen atoms in total. The summed E-state index contributed by atoms with van der Waals surface area (Å²) in [6, 6.07) is 5.55. The number of anilines is 2. The molecule has 4 N–H and O–H groups in total. The van der Waals surface area contributed by atoms with Gasteiger partial charge in [0.2, 0.25) is 0 Å². The third-order valence-corrected chi connectivity index (χ3v) is 2.97. The molecule has 3 amide bonds. The number of carboxylic acid groups (broad SMARTS) is 1. The van der Waals surface area contributed by atoms with E-state index >= 15 is 0 Å². The lowest BCUT2D eigenvalue weighted by Gasteiger charge is -2.22. The molecule has 0 aromatic heterocycles. The molecule has 0 aliphatic rings. The summed E-state index contributed by atoms with van der Waals surface area (Å²) in [5.41, 5.74) is 5.42. The zero-order valence-corrected chi connectivity index (χ0v) is 17.4. The Kier molecular flexibility index (Phi) is 10.8. The van der Waals surface area contributed by atoms with Gasteiger partial charge >= 0.3 is 24.1 Å². The number of benzene rings is 1. The van der Waals surface area contributed by atoms with E-state index in [-0.39, 0.29) is 18.9 Å². The molecule has 1 rings (SSSR count). The number of carbonyl (C=O) groups is 4. The van der Waals surface area contributed by atoms with Crippen molar-refractivity contribution in [3.8, 4) is 0 Å². The van der Waals surface area contributed by atoms with Crippen LogP contribution in [0.3, 0.4) is 0 Å². The van der Waals surface area contributed by atoms with E-state index in [0.29, 0.717) is 18.0 Å². The van der Waals surface area contributed by atoms with Crippen molar-refractivity contribution in [3.63, 3.8) is 0 Å². The third-order valence-electron chi connectivity index (χ3n) is 2.97. The van der Waals surface area contributed by atoms with E-state index in [1.807, 2.05) is 0 Å². The molecule has 1 aromatic carbocycles. The number of urea groups is 1. The molecule has 0 unspecified atom stereocenters. The van der Waals surface area contributed by atoms with Crippen LogP contribution in [-0.4, -0.2) is 47.9 Å². The van der Waals surface area contributed by atoms with Crippen molar-refractivity contribution in [2.45, 2.75) is 46.6 Å². The normalized spacial score (nSPS) is 10.1. The Hall–Kier alpha value is -3.30. The second kappa shape index (κ2) is 12.2. The molecule has 0 spiro atoms. The molecule has 10 heteroatoms. The van der Waals surface area contributed by atoms with Gasteiger partial charge in [0.25, 0.3) is 0 Å². The van der Waals surface area contributed by atoms with Crippen molar-refractivity contribution in [1.29, 1.82) is 0 Å². The van der Waals surface area contributed by atoms with Gasteiger partial charge in [-0.05, 0) is 45.9 Å². The Morgan fingerprint density at radius 2 is 1.83 bits per heavy atom. The fourth-order valence-electron chi connectivity index (χ4n) is 1.95. The lowest BCUT2D eigenvalue weighted by Crippen LogP contribution is -2.37. The number of hydrogen-bond donors (Lipinski definition) is 3. The molecule has 0 saturated carbocycles. The average Bonchev–Trinajstić information content (AvgIpc) is 2.53. The van der Waals surface area contributed by atoms with Crippen LogP contribution in [0.1, 0.15) is 41.0 Å². The van der Waals surface area contributed by atoms with Crippen LogP contribution in [0.5, 0.6) is 0 Å². The molecule has 29 heavy (non-hydrogen) atoms. The number of primary amides is 1. The maximum atomic E-state index is 11.7. The summed E-state index contributed by atoms with van der Waals surface area (Å²) in [5, 5.41) is 11.3. The minimum Gasteiger partial charge on any atom is -0.481 e. The molecule has 0 aliphatic carbocycles. The summed E-state index contributed by atoms with van der Waals surface area (Å²) in [7, 11) is 0. The lowest BCUT2D eigenvalue weighted by atomic mass is 10.2. The second-order valence-corrected chi connectivity index (χ2v) is 6.74. The molecular formula is C19H29N3O7. The smallest absolute Gasteiger partial charge is 0.412 e. The summed E-state index contributed by atoms with van der Waals surface area (Å²) < 4.78 is 9.54. The Morgan fingerprint density at radius 1 is 1.21 bits per heavy atom. The predicted molar refractivity (Wildman–Crippen MR) is 108 cm³/mol. The minimum atomic E-state index is -1.04. The van der Waals surface area contributed by atoms with Crippen molar-refractivity contribution in [2.24, 2.45) is 5.73 Å². The van der Waals surface area contributed by atoms with Crippen LogP contribution in [0.4, 0.5) is 21.0 Å². The zero-order chi connectivity index (χ0) is 22.6. The molecule has 0 radical (unpaired) electrons. The number of nitrogens with zero attached hydrogens (tertiary/aromatic N) is 1. The number of hydrogen-bond acceptors (Lipinski definition) is 6. The van der Waals surface area contributed by atoms with Gasteiger partial charge in [0, 0.05) is 24.8 Å². The number of nitrogens with two attached hydrogens (primary N) is 1. The number of amides is 3. The van der Waals surface area contributed by atoms with E-state index in [1.165, 1.54) is 13.0 Å². The Balaban J connectivity index is 0.00000113. The molecular weight excluding hydrogens is 382 g/mol. The molecule has 0 fully saturated rings. The molecule has 0 heterocycles. The van der Waals surface area contributed by atoms with Crippen LogP contribution in [-0.2, 0) is 19.1 Å². The highest BCUT2D eigenvalue weighted by atomic mass is 16.6. The Bertz CT molecular complexity index is 714. The van der Waals surface area contributed by atoms with E-state index in [0.717, 1.165) is 4.90 Å². The first-order valence-corrected chi connectivity index (χ1v) is 8.88. The molecule has 0 atom stereocenters. The van der Waals surface area contributed by atoms with Crippen molar-refractivity contribution in [1.82, 2.24) is 0 Å². The summed E-state index contributed by atoms with van der Waals surface area (Å²) >= 11 is 0. The van der Waals surface area contributed by atoms with Crippen molar-refractivity contribution >= 4 is 35.4 Å². The van der Waals surface area contributed by atoms with Crippen LogP contribution in [0.2, 0.25) is 0 Å². The number of carboxylic acids is 1. The van der Waals surface area contributed by atoms with Crippen LogP contribution >= 0.6 is 0 Å². The maximum Gasteiger partial charge on any atom is 0.412 e. The van der Waals surface area contributed by atoms with E-state index in [1.54, 1.807) is 45.9 Å². The van der Waals surface area contributed by atoms with Gasteiger partial charge in [-0.2, -0.15) is 0 Å². The number of esters is 1. The lowest BCUT2D eigenvalue weighted by molar-refractivity contribution is -0.140. The predicted octanol–water partition coefficient (Wildman–Crippen LogP) is 2.96. The fraction of sp³-hybridized carbons (Fsp3) is 0.474. The van der Waals surface area contributed by atoms with Crippen LogP contribution < -0.4 is 16.0 Å². The average molecular weight is 411 g/mol. The standard InChI is InChI=1S/C15H21N3O5.C4H8O2/c1-15(2,3)23-14(22)17-10-5-4-6-11(9-10)18(13(16)21)8-7-12(19)20;1-3-6-4(2)5/h4-6,9H,7-8H2,1-3H3,(H2,16,21)(H,17,22)(H,19,20);3H2,1-2H3. The van der Waals surface area contributed by atoms with Gasteiger partial charge in [0.15, 0.2) is 0 Å². The first-order valence-electron chi connectivity index (χ1n) is 8.88. The van der Waals surface area contributed by atoms with Gasteiger partial charge in [-0.25, -0.2) is 9.59 Å². The Labute approximate surface area is 169 Å². The summed E-state index contributed by atoms with van der Waals surface area (Å²) in [6.45, 7) is 8.80. The zero-order valence-electron chi connectivity index (χ0n) is 17.4. The summed E-state index contributed by atoms with van der Waals surface area (Å²) in [4.78, 5) is 44.8. The van der Waals surface area contributed by atoms with Gasteiger partial charge in [0.05, 0.1) is 13.0 Å². The quantitative estimate of drug-likeness (QED) is 0.609. The van der Waals surface area contributed by atoms with Crippen molar-refractivity contribution in [2.75, 3.05) is 23.4 Å². The first-order chi connectivity index (χ1) is 13.4. The van der Waals surface area contributed by atoms with E-state index in [9.17, 15) is 19.2 Å². The summed E-state index contributed by atoms with van der Waals surface area (Å²) in [6.07, 6.45) is -0.877. The van der Waals surface area contributed by atoms with Gasteiger partial charge < -0.3 is 20.3 Å². The second-order valence-electron chi connectivity index (χ2n) is 6.74. The van der Waals surface area contributed by atoms with Crippen molar-refractivity contribution in [3.05, 3.63) is 24.3 Å². The van der Waals surface area contributed by atoms with Gasteiger partial charge in [-0.1, -0.05) is 6.07 Å². The number of rotatable bonds is 6. The van der Waals surface area contributed by atoms with E-state index in [4.69, 9.17) is 15.6 Å². The van der Waals surface area contributed by atoms with E-state index in [2.05, 4.69) is 10.1 Å². The fourth-order valence-corrected chi connectivity index (χ4v) is 1.95. The van der Waals surface area contributed by atoms with Gasteiger partial charge in [0.1, 0.15) is 5.60 Å². The highest BCUT2D eigenvalue weighted by Crippen LogP contribution is 2.20. The van der Waals surface area contributed by atoms with Crippen LogP contribution in [0.15, 0.2) is 24.3 Å². The molecule has 1 aromatic rings. The van der Waals surface area contributed by atoms with Crippen LogP contribution in [0.25, 0.3) is 0 Å². The first kappa shape index (κ1) is 25.7. The maximum absolute atomic E-state index is 11.7. The van der Waals surface area contributed by atoms with E-state index < -0.39 is 23.7 Å². The number of nitrogens with one attached hydrogen (secondary N) is 1. The number of ether oxygens (including phenoxy) is 2. The SMILES string of the molecule is CC(C)(C)OC(=O)Nc1cccc(N(CCC(=O)O)C(N)=O)c1.CCOC(C)=O. The van der Waals surface area contributed by atoms with Gasteiger partial charge in [-0.15, -0.1) is 0 Å². The third kappa shape index (κ3) is 12.7. The number of carbonyl (C=O) groups excluding carboxylic acids is 3. The highest BCUT2D eigenvalue weighted by molar-refractivity contribution is 5.93.